The van der Waals surface area contributed by atoms with Gasteiger partial charge >= 0.3 is 12.1 Å². The lowest BCUT2D eigenvalue weighted by Crippen LogP contribution is -2.39. The van der Waals surface area contributed by atoms with Crippen LogP contribution in [0, 0.1) is 11.6 Å². The molecule has 3 fully saturated rings. The summed E-state index contributed by atoms with van der Waals surface area (Å²) < 4.78 is 43.0. The summed E-state index contributed by atoms with van der Waals surface area (Å²) in [7, 11) is 0. The number of rotatable bonds is 8. The Kier molecular flexibility index (Phi) is 7.36. The molecule has 3 aromatic rings. The van der Waals surface area contributed by atoms with Gasteiger partial charge in [0.05, 0.1) is 24.2 Å². The molecule has 2 amide bonds. The molecule has 2 N–H and O–H groups in total. The Morgan fingerprint density at radius 2 is 1.86 bits per heavy atom. The van der Waals surface area contributed by atoms with E-state index in [1.165, 1.54) is 30.2 Å². The van der Waals surface area contributed by atoms with Gasteiger partial charge in [-0.05, 0) is 31.0 Å². The zero-order valence-corrected chi connectivity index (χ0v) is 23.2. The van der Waals surface area contributed by atoms with Gasteiger partial charge in [-0.25, -0.2) is 23.4 Å². The van der Waals surface area contributed by atoms with Crippen molar-refractivity contribution in [3.05, 3.63) is 57.9 Å². The summed E-state index contributed by atoms with van der Waals surface area (Å²) in [6, 6.07) is 5.25. The minimum atomic E-state index is -1.37. The van der Waals surface area contributed by atoms with Crippen LogP contribution in [0.4, 0.5) is 25.1 Å². The van der Waals surface area contributed by atoms with Crippen molar-refractivity contribution in [2.75, 3.05) is 36.0 Å². The maximum Gasteiger partial charge on any atom is 0.414 e. The van der Waals surface area contributed by atoms with Crippen LogP contribution < -0.4 is 25.3 Å². The van der Waals surface area contributed by atoms with Gasteiger partial charge in [0, 0.05) is 51.2 Å². The van der Waals surface area contributed by atoms with Crippen LogP contribution in [-0.4, -0.2) is 71.0 Å². The molecule has 0 radical (unpaired) electrons. The normalized spacial score (nSPS) is 19.0. The molecule has 1 saturated carbocycles. The summed E-state index contributed by atoms with van der Waals surface area (Å²) in [4.78, 5) is 55.2. The van der Waals surface area contributed by atoms with Crippen LogP contribution in [0.1, 0.15) is 49.0 Å². The first kappa shape index (κ1) is 28.4. The molecule has 14 heteroatoms. The van der Waals surface area contributed by atoms with Crippen molar-refractivity contribution in [1.82, 2.24) is 14.9 Å². The van der Waals surface area contributed by atoms with E-state index in [0.717, 1.165) is 18.9 Å². The fourth-order valence-corrected chi connectivity index (χ4v) is 5.46. The van der Waals surface area contributed by atoms with E-state index < -0.39 is 40.8 Å². The second-order valence-corrected chi connectivity index (χ2v) is 11.0. The van der Waals surface area contributed by atoms with Crippen molar-refractivity contribution in [1.29, 1.82) is 0 Å². The number of halogens is 2. The first-order valence-electron chi connectivity index (χ1n) is 14.0. The summed E-state index contributed by atoms with van der Waals surface area (Å²) in [5.41, 5.74) is -0.646. The summed E-state index contributed by atoms with van der Waals surface area (Å²) in [6.45, 7) is 2.39. The molecular formula is C29H29F2N5O7. The summed E-state index contributed by atoms with van der Waals surface area (Å²) in [5, 5.41) is 12.0. The van der Waals surface area contributed by atoms with E-state index in [0.29, 0.717) is 31.6 Å². The number of benzene rings is 1. The van der Waals surface area contributed by atoms with E-state index in [2.05, 4.69) is 10.3 Å². The third-order valence-corrected chi connectivity index (χ3v) is 7.83. The van der Waals surface area contributed by atoms with E-state index in [-0.39, 0.29) is 53.7 Å². The highest BCUT2D eigenvalue weighted by atomic mass is 19.1. The van der Waals surface area contributed by atoms with Gasteiger partial charge in [-0.1, -0.05) is 0 Å². The zero-order chi connectivity index (χ0) is 30.4. The van der Waals surface area contributed by atoms with Crippen molar-refractivity contribution < 1.29 is 37.7 Å². The second kappa shape index (κ2) is 11.2. The molecule has 12 nitrogen and oxygen atoms in total. The Morgan fingerprint density at radius 3 is 2.51 bits per heavy atom. The van der Waals surface area contributed by atoms with Gasteiger partial charge in [0.2, 0.25) is 11.3 Å². The third kappa shape index (κ3) is 5.68. The number of nitrogens with zero attached hydrogens (tertiary/aromatic N) is 4. The monoisotopic (exact) mass is 597 g/mol. The topological polar surface area (TPSA) is 143 Å². The number of hydrogen-bond donors (Lipinski definition) is 2. The van der Waals surface area contributed by atoms with Crippen LogP contribution in [-0.2, 0) is 9.53 Å². The Balaban J connectivity index is 1.12. The van der Waals surface area contributed by atoms with Gasteiger partial charge in [-0.3, -0.25) is 14.5 Å². The maximum absolute atomic E-state index is 15.2. The minimum absolute atomic E-state index is 0.00807. The predicted molar refractivity (Wildman–Crippen MR) is 150 cm³/mol. The summed E-state index contributed by atoms with van der Waals surface area (Å²) >= 11 is 0. The van der Waals surface area contributed by atoms with Crippen molar-refractivity contribution in [2.24, 2.45) is 0 Å². The summed E-state index contributed by atoms with van der Waals surface area (Å²) in [6.07, 6.45) is 2.25. The molecule has 1 aromatic carbocycles. The SMILES string of the molecule is CC(=O)NC[C@H]1CN(c2ccc(OC3CCN(c4nc5c(cc4F)c(=O)c(C(=O)O)cn5C4CC4)CC3)c(F)c2)C(=O)O1. The van der Waals surface area contributed by atoms with E-state index in [1.807, 2.05) is 0 Å². The van der Waals surface area contributed by atoms with Crippen LogP contribution in [0.3, 0.4) is 0 Å². The number of nitrogens with one attached hydrogen (secondary N) is 1. The number of carbonyl (C=O) groups excluding carboxylic acids is 2. The number of piperidine rings is 1. The first-order valence-corrected chi connectivity index (χ1v) is 14.0. The molecular weight excluding hydrogens is 568 g/mol. The highest BCUT2D eigenvalue weighted by Crippen LogP contribution is 2.37. The Bertz CT molecular complexity index is 1680. The van der Waals surface area contributed by atoms with E-state index in [1.54, 1.807) is 15.5 Å². The van der Waals surface area contributed by atoms with Crippen LogP contribution in [0.25, 0.3) is 11.0 Å². The van der Waals surface area contributed by atoms with Gasteiger partial charge in [0.25, 0.3) is 0 Å². The van der Waals surface area contributed by atoms with Crippen molar-refractivity contribution >= 4 is 40.5 Å². The van der Waals surface area contributed by atoms with Crippen LogP contribution in [0.2, 0.25) is 0 Å². The smallest absolute Gasteiger partial charge is 0.414 e. The number of hydrogen-bond acceptors (Lipinski definition) is 8. The lowest BCUT2D eigenvalue weighted by molar-refractivity contribution is -0.119. The molecule has 4 heterocycles. The number of cyclic esters (lactones) is 1. The summed E-state index contributed by atoms with van der Waals surface area (Å²) in [5.74, 6) is -2.92. The lowest BCUT2D eigenvalue weighted by Gasteiger charge is -2.33. The van der Waals surface area contributed by atoms with Crippen molar-refractivity contribution in [3.63, 3.8) is 0 Å². The van der Waals surface area contributed by atoms with E-state index in [9.17, 15) is 24.3 Å². The maximum atomic E-state index is 15.2. The number of aromatic carboxylic acids is 1. The standard InChI is InChI=1S/C29H29F2N5O7/c1-15(37)32-12-19-13-36(29(41)43-19)17-4-5-24(22(30)10-17)42-18-6-8-34(9-7-18)27-23(31)11-20-25(38)21(28(39)40)14-35(16-2-3-16)26(20)33-27/h4-5,10-11,14,16,18-19H,2-3,6-9,12-13H2,1H3,(H,32,37)(H,39,40)/t19-/m0/s1. The van der Waals surface area contributed by atoms with Crippen molar-refractivity contribution in [3.8, 4) is 5.75 Å². The molecule has 0 bridgehead atoms. The number of anilines is 2. The molecule has 1 atom stereocenters. The molecule has 226 valence electrons. The molecule has 0 spiro atoms. The molecule has 2 aromatic heterocycles. The number of amides is 2. The van der Waals surface area contributed by atoms with Gasteiger partial charge in [-0.2, -0.15) is 0 Å². The van der Waals surface area contributed by atoms with Gasteiger partial charge in [0.15, 0.2) is 23.2 Å². The third-order valence-electron chi connectivity index (χ3n) is 7.83. The highest BCUT2D eigenvalue weighted by molar-refractivity contribution is 5.92. The zero-order valence-electron chi connectivity index (χ0n) is 23.2. The Hall–Kier alpha value is -4.75. The molecule has 43 heavy (non-hydrogen) atoms. The first-order chi connectivity index (χ1) is 20.6. The van der Waals surface area contributed by atoms with E-state index >= 15 is 8.78 Å². The lowest BCUT2D eigenvalue weighted by atomic mass is 10.1. The van der Waals surface area contributed by atoms with Crippen LogP contribution in [0.5, 0.6) is 5.75 Å². The predicted octanol–water partition coefficient (Wildman–Crippen LogP) is 3.22. The molecule has 0 unspecified atom stereocenters. The minimum Gasteiger partial charge on any atom is -0.487 e. The molecule has 6 rings (SSSR count). The molecule has 2 saturated heterocycles. The fourth-order valence-electron chi connectivity index (χ4n) is 5.46. The Labute approximate surface area is 243 Å². The highest BCUT2D eigenvalue weighted by Gasteiger charge is 2.33. The van der Waals surface area contributed by atoms with Crippen molar-refractivity contribution in [2.45, 2.75) is 50.9 Å². The number of fused-ring (bicyclic) bond motifs is 1. The largest absolute Gasteiger partial charge is 0.487 e. The number of carboxylic acids is 1. The number of carboxylic acid groups (broad SMARTS) is 1. The van der Waals surface area contributed by atoms with Crippen LogP contribution >= 0.6 is 0 Å². The molecule has 3 aliphatic rings. The van der Waals surface area contributed by atoms with Crippen LogP contribution in [0.15, 0.2) is 35.3 Å². The quantitative estimate of drug-likeness (QED) is 0.400. The van der Waals surface area contributed by atoms with E-state index in [4.69, 9.17) is 9.47 Å². The number of ether oxygens (including phenoxy) is 2. The molecule has 1 aliphatic carbocycles. The number of pyridine rings is 2. The fraction of sp³-hybridized carbons (Fsp3) is 0.414. The molecule has 2 aliphatic heterocycles. The average Bonchev–Trinajstić information content (AvgIpc) is 3.75. The Morgan fingerprint density at radius 1 is 1.12 bits per heavy atom. The number of carbonyl (C=O) groups is 3. The van der Waals surface area contributed by atoms with Gasteiger partial charge in [-0.15, -0.1) is 0 Å². The van der Waals surface area contributed by atoms with Gasteiger partial charge < -0.3 is 29.4 Å². The van der Waals surface area contributed by atoms with Gasteiger partial charge in [0.1, 0.15) is 23.4 Å². The number of aromatic nitrogens is 2. The average molecular weight is 598 g/mol. The second-order valence-electron chi connectivity index (χ2n) is 11.0.